The van der Waals surface area contributed by atoms with Gasteiger partial charge in [-0.2, -0.15) is 0 Å². The zero-order valence-electron chi connectivity index (χ0n) is 14.2. The van der Waals surface area contributed by atoms with Crippen molar-refractivity contribution in [1.82, 2.24) is 4.90 Å². The molecular formula is C18H18ClNO4S. The summed E-state index contributed by atoms with van der Waals surface area (Å²) in [7, 11) is 1.51. The standard InChI is InChI=1S/C18H18ClNO4S/c1-5-7-20-17(21)15(25-18(20)22)10-12-8-13(19)16(14(9-12)23-4)24-11(3)6-2/h1,8-11H,6-7H2,2-4H3/b15-10+/t11-/m0/s1. The van der Waals surface area contributed by atoms with Gasteiger partial charge < -0.3 is 9.47 Å². The molecular weight excluding hydrogens is 362 g/mol. The van der Waals surface area contributed by atoms with Gasteiger partial charge in [-0.3, -0.25) is 14.5 Å². The molecule has 1 atom stereocenters. The first-order valence-electron chi connectivity index (χ1n) is 7.64. The van der Waals surface area contributed by atoms with Gasteiger partial charge >= 0.3 is 0 Å². The van der Waals surface area contributed by atoms with Gasteiger partial charge in [-0.1, -0.05) is 24.4 Å². The normalized spacial score (nSPS) is 16.9. The average molecular weight is 380 g/mol. The number of ether oxygens (including phenoxy) is 2. The van der Waals surface area contributed by atoms with Crippen LogP contribution >= 0.6 is 23.4 Å². The molecule has 0 bridgehead atoms. The molecule has 0 unspecified atom stereocenters. The molecule has 0 N–H and O–H groups in total. The van der Waals surface area contributed by atoms with Crippen molar-refractivity contribution in [2.45, 2.75) is 26.4 Å². The molecule has 0 aliphatic carbocycles. The molecule has 1 aromatic rings. The molecule has 1 aromatic carbocycles. The molecule has 1 aliphatic heterocycles. The number of nitrogens with zero attached hydrogens (tertiary/aromatic N) is 1. The van der Waals surface area contributed by atoms with Gasteiger partial charge in [0.05, 0.1) is 29.7 Å². The summed E-state index contributed by atoms with van der Waals surface area (Å²) in [6, 6.07) is 3.37. The Hall–Kier alpha value is -2.10. The van der Waals surface area contributed by atoms with Crippen LogP contribution < -0.4 is 9.47 Å². The van der Waals surface area contributed by atoms with E-state index in [1.165, 1.54) is 7.11 Å². The number of imide groups is 1. The average Bonchev–Trinajstić information content (AvgIpc) is 2.84. The Bertz CT molecular complexity index is 769. The number of halogens is 1. The Morgan fingerprint density at radius 2 is 2.16 bits per heavy atom. The van der Waals surface area contributed by atoms with Gasteiger partial charge in [0.2, 0.25) is 0 Å². The van der Waals surface area contributed by atoms with Gasteiger partial charge in [-0.15, -0.1) is 6.42 Å². The number of thioether (sulfide) groups is 1. The minimum absolute atomic E-state index is 0.0162. The van der Waals surface area contributed by atoms with Gasteiger partial charge in [-0.05, 0) is 48.9 Å². The third-order valence-corrected chi connectivity index (χ3v) is 4.75. The Morgan fingerprint density at radius 3 is 2.76 bits per heavy atom. The van der Waals surface area contributed by atoms with E-state index in [1.54, 1.807) is 18.2 Å². The minimum atomic E-state index is -0.414. The van der Waals surface area contributed by atoms with Crippen molar-refractivity contribution in [3.05, 3.63) is 27.6 Å². The predicted molar refractivity (Wildman–Crippen MR) is 99.9 cm³/mol. The molecule has 1 aliphatic rings. The van der Waals surface area contributed by atoms with Crippen LogP contribution in [0.15, 0.2) is 17.0 Å². The maximum Gasteiger partial charge on any atom is 0.294 e. The molecule has 132 valence electrons. The lowest BCUT2D eigenvalue weighted by molar-refractivity contribution is -0.122. The largest absolute Gasteiger partial charge is 0.493 e. The van der Waals surface area contributed by atoms with Crippen LogP contribution in [-0.2, 0) is 4.79 Å². The van der Waals surface area contributed by atoms with E-state index in [0.717, 1.165) is 23.1 Å². The highest BCUT2D eigenvalue weighted by Gasteiger charge is 2.34. The third kappa shape index (κ3) is 4.30. The molecule has 1 saturated heterocycles. The summed E-state index contributed by atoms with van der Waals surface area (Å²) in [6.45, 7) is 3.89. The number of methoxy groups -OCH3 is 1. The molecule has 0 spiro atoms. The van der Waals surface area contributed by atoms with Crippen molar-refractivity contribution in [2.24, 2.45) is 0 Å². The van der Waals surface area contributed by atoms with Crippen LogP contribution in [-0.4, -0.2) is 35.8 Å². The van der Waals surface area contributed by atoms with E-state index in [0.29, 0.717) is 22.1 Å². The van der Waals surface area contributed by atoms with E-state index in [4.69, 9.17) is 27.5 Å². The zero-order chi connectivity index (χ0) is 18.6. The molecule has 1 fully saturated rings. The number of hydrogen-bond acceptors (Lipinski definition) is 5. The number of benzene rings is 1. The van der Waals surface area contributed by atoms with Crippen LogP contribution in [0.25, 0.3) is 6.08 Å². The van der Waals surface area contributed by atoms with Crippen LogP contribution in [0.2, 0.25) is 5.02 Å². The van der Waals surface area contributed by atoms with E-state index in [2.05, 4.69) is 5.92 Å². The maximum absolute atomic E-state index is 12.2. The van der Waals surface area contributed by atoms with E-state index in [1.807, 2.05) is 13.8 Å². The SMILES string of the molecule is C#CCN1C(=O)S/C(=C/c2cc(Cl)c(O[C@@H](C)CC)c(OC)c2)C1=O. The summed E-state index contributed by atoms with van der Waals surface area (Å²) in [5.41, 5.74) is 0.629. The number of carbonyl (C=O) groups is 2. The Labute approximate surface area is 156 Å². The van der Waals surface area contributed by atoms with Crippen molar-refractivity contribution in [3.63, 3.8) is 0 Å². The molecule has 0 saturated carbocycles. The summed E-state index contributed by atoms with van der Waals surface area (Å²) in [6.07, 6.45) is 7.58. The third-order valence-electron chi connectivity index (χ3n) is 3.57. The number of terminal acetylenes is 1. The monoisotopic (exact) mass is 379 g/mol. The van der Waals surface area contributed by atoms with Crippen molar-refractivity contribution < 1.29 is 19.1 Å². The van der Waals surface area contributed by atoms with E-state index in [9.17, 15) is 9.59 Å². The number of rotatable bonds is 6. The lowest BCUT2D eigenvalue weighted by Crippen LogP contribution is -2.28. The van der Waals surface area contributed by atoms with Gasteiger partial charge in [0.15, 0.2) is 11.5 Å². The van der Waals surface area contributed by atoms with Crippen molar-refractivity contribution >= 4 is 40.6 Å². The lowest BCUT2D eigenvalue weighted by atomic mass is 10.1. The molecule has 5 nitrogen and oxygen atoms in total. The second-order valence-corrected chi connectivity index (χ2v) is 6.74. The van der Waals surface area contributed by atoms with Gasteiger partial charge in [0.1, 0.15) is 0 Å². The van der Waals surface area contributed by atoms with Crippen LogP contribution in [0.4, 0.5) is 4.79 Å². The van der Waals surface area contributed by atoms with Gasteiger partial charge in [0.25, 0.3) is 11.1 Å². The van der Waals surface area contributed by atoms with Gasteiger partial charge in [0, 0.05) is 0 Å². The first-order chi connectivity index (χ1) is 11.9. The lowest BCUT2D eigenvalue weighted by Gasteiger charge is -2.17. The highest BCUT2D eigenvalue weighted by atomic mass is 35.5. The summed E-state index contributed by atoms with van der Waals surface area (Å²) in [5, 5.41) is -0.0160. The summed E-state index contributed by atoms with van der Waals surface area (Å²) >= 11 is 7.16. The summed E-state index contributed by atoms with van der Waals surface area (Å²) in [4.78, 5) is 25.4. The second-order valence-electron chi connectivity index (χ2n) is 5.34. The number of hydrogen-bond donors (Lipinski definition) is 0. The molecule has 0 aromatic heterocycles. The maximum atomic E-state index is 12.2. The summed E-state index contributed by atoms with van der Waals surface area (Å²) in [5.74, 6) is 2.80. The van der Waals surface area contributed by atoms with Crippen molar-refractivity contribution in [1.29, 1.82) is 0 Å². The predicted octanol–water partition coefficient (Wildman–Crippen LogP) is 4.20. The van der Waals surface area contributed by atoms with E-state index >= 15 is 0 Å². The Kier molecular flexibility index (Phi) is 6.40. The summed E-state index contributed by atoms with van der Waals surface area (Å²) < 4.78 is 11.1. The van der Waals surface area contributed by atoms with Crippen LogP contribution in [0.3, 0.4) is 0 Å². The molecule has 2 rings (SSSR count). The minimum Gasteiger partial charge on any atom is -0.493 e. The highest BCUT2D eigenvalue weighted by molar-refractivity contribution is 8.18. The molecule has 2 amide bonds. The zero-order valence-corrected chi connectivity index (χ0v) is 15.7. The highest BCUT2D eigenvalue weighted by Crippen LogP contribution is 2.39. The van der Waals surface area contributed by atoms with Crippen LogP contribution in [0.5, 0.6) is 11.5 Å². The smallest absolute Gasteiger partial charge is 0.294 e. The Balaban J connectivity index is 2.35. The first-order valence-corrected chi connectivity index (χ1v) is 8.83. The topological polar surface area (TPSA) is 55.8 Å². The second kappa shape index (κ2) is 8.32. The first kappa shape index (κ1) is 19.2. The fraction of sp³-hybridized carbons (Fsp3) is 0.333. The van der Waals surface area contributed by atoms with E-state index in [-0.39, 0.29) is 22.8 Å². The molecule has 0 radical (unpaired) electrons. The fourth-order valence-corrected chi connectivity index (χ4v) is 3.20. The number of amides is 2. The van der Waals surface area contributed by atoms with Gasteiger partial charge in [-0.25, -0.2) is 0 Å². The number of carbonyl (C=O) groups excluding carboxylic acids is 2. The molecule has 7 heteroatoms. The van der Waals surface area contributed by atoms with Crippen molar-refractivity contribution in [2.75, 3.05) is 13.7 Å². The van der Waals surface area contributed by atoms with Crippen LogP contribution in [0.1, 0.15) is 25.8 Å². The fourth-order valence-electron chi connectivity index (χ4n) is 2.10. The van der Waals surface area contributed by atoms with Crippen molar-refractivity contribution in [3.8, 4) is 23.8 Å². The van der Waals surface area contributed by atoms with E-state index < -0.39 is 5.91 Å². The molecule has 25 heavy (non-hydrogen) atoms. The molecule has 1 heterocycles. The Morgan fingerprint density at radius 1 is 1.44 bits per heavy atom. The quantitative estimate of drug-likeness (QED) is 0.547. The van der Waals surface area contributed by atoms with Crippen LogP contribution in [0, 0.1) is 12.3 Å².